The van der Waals surface area contributed by atoms with Crippen LogP contribution in [0, 0.1) is 0 Å². The van der Waals surface area contributed by atoms with Crippen molar-refractivity contribution in [3.05, 3.63) is 29.3 Å². The van der Waals surface area contributed by atoms with Gasteiger partial charge in [-0.1, -0.05) is 6.07 Å². The Hall–Kier alpha value is -2.12. The number of ether oxygens (including phenoxy) is 1. The van der Waals surface area contributed by atoms with Crippen LogP contribution in [-0.2, 0) is 20.7 Å². The molecule has 0 spiro atoms. The second kappa shape index (κ2) is 6.88. The second-order valence-electron chi connectivity index (χ2n) is 4.11. The fourth-order valence-corrected chi connectivity index (χ4v) is 1.65. The number of benzene rings is 1. The highest BCUT2D eigenvalue weighted by Crippen LogP contribution is 2.28. The van der Waals surface area contributed by atoms with E-state index in [-0.39, 0.29) is 24.3 Å². The number of aliphatic carboxylic acids is 1. The number of carboxylic acid groups (broad SMARTS) is 1. The van der Waals surface area contributed by atoms with Crippen molar-refractivity contribution < 1.29 is 34.8 Å². The Bertz CT molecular complexity index is 497. The van der Waals surface area contributed by atoms with Crippen LogP contribution in [0.1, 0.15) is 24.2 Å². The molecule has 2 atom stereocenters. The molecule has 4 N–H and O–H groups in total. The molecule has 2 unspecified atom stereocenters. The Morgan fingerprint density at radius 1 is 1.30 bits per heavy atom. The quantitative estimate of drug-likeness (QED) is 0.541. The maximum absolute atomic E-state index is 11.3. The third-order valence-corrected chi connectivity index (χ3v) is 2.59. The summed E-state index contributed by atoms with van der Waals surface area (Å²) in [4.78, 5) is 21.9. The summed E-state index contributed by atoms with van der Waals surface area (Å²) >= 11 is 0. The van der Waals surface area contributed by atoms with E-state index < -0.39 is 24.1 Å². The van der Waals surface area contributed by atoms with Gasteiger partial charge in [0.1, 0.15) is 11.9 Å². The first-order valence-corrected chi connectivity index (χ1v) is 5.93. The first-order chi connectivity index (χ1) is 9.36. The van der Waals surface area contributed by atoms with Crippen LogP contribution in [0.3, 0.4) is 0 Å². The van der Waals surface area contributed by atoms with Gasteiger partial charge in [-0.25, -0.2) is 4.79 Å². The minimum atomic E-state index is -1.86. The summed E-state index contributed by atoms with van der Waals surface area (Å²) in [7, 11) is 0. The number of carboxylic acids is 1. The van der Waals surface area contributed by atoms with Crippen LogP contribution >= 0.6 is 0 Å². The van der Waals surface area contributed by atoms with E-state index in [1.165, 1.54) is 18.2 Å². The highest BCUT2D eigenvalue weighted by Gasteiger charge is 2.29. The van der Waals surface area contributed by atoms with Gasteiger partial charge >= 0.3 is 11.9 Å². The molecule has 1 aromatic rings. The molecule has 7 nitrogen and oxygen atoms in total. The molecule has 1 aromatic carbocycles. The maximum atomic E-state index is 11.3. The van der Waals surface area contributed by atoms with Crippen molar-refractivity contribution in [2.75, 3.05) is 6.61 Å². The third-order valence-electron chi connectivity index (χ3n) is 2.59. The standard InChI is InChI=1S/C13H16O7/c1-2-20-13(19)12(18)11(17)8-5-7(6-10(15)16)3-4-9(8)14/h3-5,11-12,14,17-18H,2,6H2,1H3,(H,15,16). The van der Waals surface area contributed by atoms with Crippen LogP contribution in [0.15, 0.2) is 18.2 Å². The van der Waals surface area contributed by atoms with Crippen LogP contribution in [-0.4, -0.2) is 45.1 Å². The predicted molar refractivity (Wildman–Crippen MR) is 67.0 cm³/mol. The summed E-state index contributed by atoms with van der Waals surface area (Å²) in [6.07, 6.45) is -3.88. The molecular formula is C13H16O7. The lowest BCUT2D eigenvalue weighted by Crippen LogP contribution is -2.30. The van der Waals surface area contributed by atoms with E-state index in [2.05, 4.69) is 4.74 Å². The molecule has 0 aliphatic heterocycles. The van der Waals surface area contributed by atoms with E-state index in [0.717, 1.165) is 0 Å². The third kappa shape index (κ3) is 3.94. The number of aliphatic hydroxyl groups excluding tert-OH is 2. The lowest BCUT2D eigenvalue weighted by Gasteiger charge is -2.18. The zero-order valence-corrected chi connectivity index (χ0v) is 10.8. The fourth-order valence-electron chi connectivity index (χ4n) is 1.65. The maximum Gasteiger partial charge on any atom is 0.338 e. The van der Waals surface area contributed by atoms with Crippen molar-refractivity contribution in [3.63, 3.8) is 0 Å². The Morgan fingerprint density at radius 2 is 1.95 bits per heavy atom. The molecular weight excluding hydrogens is 268 g/mol. The van der Waals surface area contributed by atoms with Crippen LogP contribution < -0.4 is 0 Å². The first-order valence-electron chi connectivity index (χ1n) is 5.93. The molecule has 0 saturated heterocycles. The van der Waals surface area contributed by atoms with Crippen molar-refractivity contribution in [3.8, 4) is 5.75 Å². The number of rotatable bonds is 6. The number of phenols is 1. The molecule has 0 aliphatic rings. The van der Waals surface area contributed by atoms with E-state index in [4.69, 9.17) is 5.11 Å². The molecule has 0 amide bonds. The monoisotopic (exact) mass is 284 g/mol. The largest absolute Gasteiger partial charge is 0.508 e. The first kappa shape index (κ1) is 15.9. The lowest BCUT2D eigenvalue weighted by atomic mass is 9.99. The van der Waals surface area contributed by atoms with Gasteiger partial charge in [-0.2, -0.15) is 0 Å². The summed E-state index contributed by atoms with van der Waals surface area (Å²) in [5.74, 6) is -2.46. The van der Waals surface area contributed by atoms with Crippen molar-refractivity contribution in [1.29, 1.82) is 0 Å². The summed E-state index contributed by atoms with van der Waals surface area (Å²) in [5, 5.41) is 37.8. The van der Waals surface area contributed by atoms with Crippen molar-refractivity contribution in [2.24, 2.45) is 0 Å². The topological polar surface area (TPSA) is 124 Å². The van der Waals surface area contributed by atoms with Gasteiger partial charge in [0.25, 0.3) is 0 Å². The summed E-state index contributed by atoms with van der Waals surface area (Å²) in [6, 6.07) is 3.78. The van der Waals surface area contributed by atoms with Crippen molar-refractivity contribution in [1.82, 2.24) is 0 Å². The average Bonchev–Trinajstić information content (AvgIpc) is 2.39. The van der Waals surface area contributed by atoms with E-state index in [1.807, 2.05) is 0 Å². The minimum Gasteiger partial charge on any atom is -0.508 e. The van der Waals surface area contributed by atoms with Crippen LogP contribution in [0.5, 0.6) is 5.75 Å². The molecule has 0 bridgehead atoms. The van der Waals surface area contributed by atoms with Gasteiger partial charge < -0.3 is 25.2 Å². The average molecular weight is 284 g/mol. The molecule has 0 fully saturated rings. The zero-order chi connectivity index (χ0) is 15.3. The van der Waals surface area contributed by atoms with Crippen LogP contribution in [0.25, 0.3) is 0 Å². The molecule has 0 aliphatic carbocycles. The van der Waals surface area contributed by atoms with Gasteiger partial charge in [0.05, 0.1) is 13.0 Å². The predicted octanol–water partition coefficient (Wildman–Crippen LogP) is -0.0233. The minimum absolute atomic E-state index is 0.0354. The van der Waals surface area contributed by atoms with Gasteiger partial charge in [-0.3, -0.25) is 4.79 Å². The summed E-state index contributed by atoms with van der Waals surface area (Å²) in [5.41, 5.74) is 0.185. The number of carbonyl (C=O) groups excluding carboxylic acids is 1. The van der Waals surface area contributed by atoms with Crippen LogP contribution in [0.2, 0.25) is 0 Å². The highest BCUT2D eigenvalue weighted by molar-refractivity contribution is 5.75. The molecule has 110 valence electrons. The number of esters is 1. The van der Waals surface area contributed by atoms with Gasteiger partial charge in [-0.05, 0) is 24.6 Å². The Balaban J connectivity index is 2.98. The van der Waals surface area contributed by atoms with Gasteiger partial charge in [0, 0.05) is 5.56 Å². The van der Waals surface area contributed by atoms with Crippen LogP contribution in [0.4, 0.5) is 0 Å². The number of hydrogen-bond acceptors (Lipinski definition) is 6. The molecule has 1 rings (SSSR count). The second-order valence-corrected chi connectivity index (χ2v) is 4.11. The zero-order valence-electron chi connectivity index (χ0n) is 10.8. The molecule has 0 radical (unpaired) electrons. The lowest BCUT2D eigenvalue weighted by molar-refractivity contribution is -0.159. The Morgan fingerprint density at radius 3 is 2.50 bits per heavy atom. The summed E-state index contributed by atoms with van der Waals surface area (Å²) < 4.78 is 4.56. The Kier molecular flexibility index (Phi) is 5.48. The van der Waals surface area contributed by atoms with Crippen molar-refractivity contribution in [2.45, 2.75) is 25.6 Å². The van der Waals surface area contributed by atoms with E-state index in [1.54, 1.807) is 6.92 Å². The molecule has 20 heavy (non-hydrogen) atoms. The van der Waals surface area contributed by atoms with Gasteiger partial charge in [0.2, 0.25) is 0 Å². The van der Waals surface area contributed by atoms with Crippen molar-refractivity contribution >= 4 is 11.9 Å². The molecule has 0 heterocycles. The normalized spacial score (nSPS) is 13.6. The summed E-state index contributed by atoms with van der Waals surface area (Å²) in [6.45, 7) is 1.58. The number of aliphatic hydroxyl groups is 2. The van der Waals surface area contributed by atoms with Gasteiger partial charge in [-0.15, -0.1) is 0 Å². The smallest absolute Gasteiger partial charge is 0.338 e. The molecule has 0 aromatic heterocycles. The highest BCUT2D eigenvalue weighted by atomic mass is 16.5. The molecule has 0 saturated carbocycles. The SMILES string of the molecule is CCOC(=O)C(O)C(O)c1cc(CC(=O)O)ccc1O. The fraction of sp³-hybridized carbons (Fsp3) is 0.385. The van der Waals surface area contributed by atoms with E-state index in [9.17, 15) is 24.9 Å². The van der Waals surface area contributed by atoms with E-state index in [0.29, 0.717) is 5.56 Å². The van der Waals surface area contributed by atoms with E-state index >= 15 is 0 Å². The number of phenolic OH excluding ortho intramolecular Hbond substituents is 1. The number of hydrogen-bond donors (Lipinski definition) is 4. The number of carbonyl (C=O) groups is 2. The molecule has 7 heteroatoms. The number of aromatic hydroxyl groups is 1. The Labute approximate surface area is 115 Å². The van der Waals surface area contributed by atoms with Gasteiger partial charge in [0.15, 0.2) is 6.10 Å².